The minimum Gasteiger partial charge on any atom is -0.484 e. The van der Waals surface area contributed by atoms with Crippen LogP contribution in [0.1, 0.15) is 24.1 Å². The third-order valence-corrected chi connectivity index (χ3v) is 4.21. The molecule has 156 valence electrons. The van der Waals surface area contributed by atoms with Crippen molar-refractivity contribution >= 4 is 11.8 Å². The molecule has 2 N–H and O–H groups in total. The fourth-order valence-corrected chi connectivity index (χ4v) is 2.55. The fraction of sp³-hybridized carbons (Fsp3) is 0.421. The van der Waals surface area contributed by atoms with Gasteiger partial charge in [-0.05, 0) is 43.0 Å². The van der Waals surface area contributed by atoms with Crippen LogP contribution in [0.15, 0.2) is 36.5 Å². The lowest BCUT2D eigenvalue weighted by atomic mass is 10.1. The molecule has 0 bridgehead atoms. The topological polar surface area (TPSA) is 85.2 Å². The van der Waals surface area contributed by atoms with Crippen LogP contribution in [-0.2, 0) is 28.7 Å². The van der Waals surface area contributed by atoms with E-state index in [0.29, 0.717) is 24.8 Å². The van der Waals surface area contributed by atoms with Gasteiger partial charge in [-0.2, -0.15) is 18.3 Å². The Balaban J connectivity index is 1.35. The number of hydrogen-bond acceptors (Lipinski definition) is 4. The molecular formula is C19H21F3N4O3. The normalized spacial score (nSPS) is 13.8. The van der Waals surface area contributed by atoms with E-state index in [1.165, 1.54) is 0 Å². The van der Waals surface area contributed by atoms with Crippen LogP contribution in [0.2, 0.25) is 0 Å². The highest BCUT2D eigenvalue weighted by atomic mass is 19.4. The van der Waals surface area contributed by atoms with Crippen molar-refractivity contribution < 1.29 is 27.5 Å². The van der Waals surface area contributed by atoms with Gasteiger partial charge in [-0.1, -0.05) is 12.1 Å². The number of halogens is 3. The summed E-state index contributed by atoms with van der Waals surface area (Å²) in [5.41, 5.74) is -0.0869. The molecule has 1 aromatic carbocycles. The summed E-state index contributed by atoms with van der Waals surface area (Å²) in [5.74, 6) is 0.00478. The van der Waals surface area contributed by atoms with Crippen LogP contribution < -0.4 is 15.4 Å². The third kappa shape index (κ3) is 6.81. The van der Waals surface area contributed by atoms with E-state index in [-0.39, 0.29) is 19.1 Å². The maximum absolute atomic E-state index is 12.5. The number of alkyl halides is 3. The molecule has 0 saturated heterocycles. The molecule has 1 aliphatic rings. The van der Waals surface area contributed by atoms with Crippen molar-refractivity contribution in [3.8, 4) is 5.75 Å². The average molecular weight is 410 g/mol. The van der Waals surface area contributed by atoms with Crippen LogP contribution in [0, 0.1) is 0 Å². The van der Waals surface area contributed by atoms with E-state index in [4.69, 9.17) is 4.74 Å². The van der Waals surface area contributed by atoms with E-state index in [9.17, 15) is 22.8 Å². The van der Waals surface area contributed by atoms with Crippen molar-refractivity contribution in [2.24, 2.45) is 0 Å². The summed E-state index contributed by atoms with van der Waals surface area (Å²) < 4.78 is 43.8. The Morgan fingerprint density at radius 3 is 2.48 bits per heavy atom. The van der Waals surface area contributed by atoms with Crippen LogP contribution in [0.4, 0.5) is 13.2 Å². The van der Waals surface area contributed by atoms with E-state index in [1.807, 2.05) is 12.1 Å². The zero-order valence-corrected chi connectivity index (χ0v) is 15.5. The molecule has 0 unspecified atom stereocenters. The molecule has 7 nitrogen and oxygen atoms in total. The lowest BCUT2D eigenvalue weighted by Gasteiger charge is -2.08. The number of carbonyl (C=O) groups is 2. The van der Waals surface area contributed by atoms with Crippen molar-refractivity contribution in [3.63, 3.8) is 0 Å². The molecule has 10 heteroatoms. The number of carbonyl (C=O) groups excluding carboxylic acids is 2. The predicted octanol–water partition coefficient (Wildman–Crippen LogP) is 1.92. The van der Waals surface area contributed by atoms with Crippen molar-refractivity contribution in [2.75, 3.05) is 13.2 Å². The molecule has 2 aromatic rings. The smallest absolute Gasteiger partial charge is 0.435 e. The molecule has 0 radical (unpaired) electrons. The van der Waals surface area contributed by atoms with Gasteiger partial charge in [0.15, 0.2) is 12.3 Å². The van der Waals surface area contributed by atoms with Gasteiger partial charge in [0.05, 0.1) is 0 Å². The number of rotatable bonds is 9. The van der Waals surface area contributed by atoms with Gasteiger partial charge >= 0.3 is 6.18 Å². The number of amides is 2. The molecule has 1 heterocycles. The summed E-state index contributed by atoms with van der Waals surface area (Å²) in [6, 6.07) is 8.25. The Kier molecular flexibility index (Phi) is 6.40. The molecule has 1 aromatic heterocycles. The molecule has 0 atom stereocenters. The molecule has 2 amide bonds. The van der Waals surface area contributed by atoms with Gasteiger partial charge in [-0.15, -0.1) is 0 Å². The minimum atomic E-state index is -4.53. The highest BCUT2D eigenvalue weighted by Gasteiger charge is 2.33. The molecular weight excluding hydrogens is 389 g/mol. The van der Waals surface area contributed by atoms with Crippen LogP contribution in [-0.4, -0.2) is 40.8 Å². The number of ether oxygens (including phenoxy) is 1. The van der Waals surface area contributed by atoms with Gasteiger partial charge < -0.3 is 15.4 Å². The minimum absolute atomic E-state index is 0.0324. The Bertz CT molecular complexity index is 845. The first-order valence-corrected chi connectivity index (χ1v) is 9.18. The first kappa shape index (κ1) is 20.7. The molecule has 3 rings (SSSR count). The van der Waals surface area contributed by atoms with E-state index in [0.717, 1.165) is 35.4 Å². The second kappa shape index (κ2) is 8.97. The summed E-state index contributed by atoms with van der Waals surface area (Å²) >= 11 is 0. The van der Waals surface area contributed by atoms with Crippen LogP contribution >= 0.6 is 0 Å². The largest absolute Gasteiger partial charge is 0.484 e. The van der Waals surface area contributed by atoms with E-state index < -0.39 is 17.8 Å². The SMILES string of the molecule is O=C(Cn1ccc(C(F)(F)F)n1)NCCc1ccc(OCC(=O)NC2CC2)cc1. The second-order valence-electron chi connectivity index (χ2n) is 6.77. The summed E-state index contributed by atoms with van der Waals surface area (Å²) in [6.45, 7) is 0.0113. The fourth-order valence-electron chi connectivity index (χ4n) is 2.55. The Labute approximate surface area is 165 Å². The number of nitrogens with zero attached hydrogens (tertiary/aromatic N) is 2. The highest BCUT2D eigenvalue weighted by molar-refractivity contribution is 5.78. The van der Waals surface area contributed by atoms with Gasteiger partial charge in [-0.3, -0.25) is 14.3 Å². The first-order chi connectivity index (χ1) is 13.8. The van der Waals surface area contributed by atoms with Gasteiger partial charge in [0, 0.05) is 18.8 Å². The number of nitrogens with one attached hydrogen (secondary N) is 2. The predicted molar refractivity (Wildman–Crippen MR) is 97.0 cm³/mol. The van der Waals surface area contributed by atoms with Crippen LogP contribution in [0.3, 0.4) is 0 Å². The summed E-state index contributed by atoms with van der Waals surface area (Å²) in [6.07, 6.45) is -0.827. The first-order valence-electron chi connectivity index (χ1n) is 9.18. The Hall–Kier alpha value is -3.04. The van der Waals surface area contributed by atoms with E-state index >= 15 is 0 Å². The lowest BCUT2D eigenvalue weighted by Crippen LogP contribution is -2.30. The highest BCUT2D eigenvalue weighted by Crippen LogP contribution is 2.27. The van der Waals surface area contributed by atoms with E-state index in [1.54, 1.807) is 12.1 Å². The number of benzene rings is 1. The standard InChI is InChI=1S/C19H21F3N4O3/c20-19(21,22)16-8-10-26(25-16)11-17(27)23-9-7-13-1-5-15(6-2-13)29-12-18(28)24-14-3-4-14/h1-2,5-6,8,10,14H,3-4,7,9,11-12H2,(H,23,27)(H,24,28). The molecule has 1 fully saturated rings. The maximum atomic E-state index is 12.5. The number of hydrogen-bond donors (Lipinski definition) is 2. The number of aromatic nitrogens is 2. The van der Waals surface area contributed by atoms with Crippen molar-refractivity contribution in [2.45, 2.75) is 38.0 Å². The average Bonchev–Trinajstić information content (AvgIpc) is 3.34. The van der Waals surface area contributed by atoms with Gasteiger partial charge in [-0.25, -0.2) is 0 Å². The zero-order chi connectivity index (χ0) is 20.9. The van der Waals surface area contributed by atoms with Crippen LogP contribution in [0.25, 0.3) is 0 Å². The Morgan fingerprint density at radius 2 is 1.86 bits per heavy atom. The quantitative estimate of drug-likeness (QED) is 0.662. The van der Waals surface area contributed by atoms with Crippen LogP contribution in [0.5, 0.6) is 5.75 Å². The maximum Gasteiger partial charge on any atom is 0.435 e. The van der Waals surface area contributed by atoms with Gasteiger partial charge in [0.2, 0.25) is 5.91 Å². The van der Waals surface area contributed by atoms with Crippen molar-refractivity contribution in [3.05, 3.63) is 47.8 Å². The summed E-state index contributed by atoms with van der Waals surface area (Å²) in [4.78, 5) is 23.4. The second-order valence-corrected chi connectivity index (χ2v) is 6.77. The van der Waals surface area contributed by atoms with Gasteiger partial charge in [0.1, 0.15) is 12.3 Å². The molecule has 1 saturated carbocycles. The van der Waals surface area contributed by atoms with Gasteiger partial charge in [0.25, 0.3) is 5.91 Å². The molecule has 1 aliphatic carbocycles. The summed E-state index contributed by atoms with van der Waals surface area (Å²) in [5, 5.41) is 8.81. The molecule has 0 spiro atoms. The molecule has 0 aliphatic heterocycles. The molecule has 29 heavy (non-hydrogen) atoms. The Morgan fingerprint density at radius 1 is 1.14 bits per heavy atom. The summed E-state index contributed by atoms with van der Waals surface area (Å²) in [7, 11) is 0. The zero-order valence-electron chi connectivity index (χ0n) is 15.5. The van der Waals surface area contributed by atoms with Crippen molar-refractivity contribution in [1.29, 1.82) is 0 Å². The van der Waals surface area contributed by atoms with E-state index in [2.05, 4.69) is 15.7 Å². The monoisotopic (exact) mass is 410 g/mol. The lowest BCUT2D eigenvalue weighted by molar-refractivity contribution is -0.141. The third-order valence-electron chi connectivity index (χ3n) is 4.21. The van der Waals surface area contributed by atoms with Crippen molar-refractivity contribution in [1.82, 2.24) is 20.4 Å².